The van der Waals surface area contributed by atoms with Gasteiger partial charge in [-0.05, 0) is 25.5 Å². The maximum atomic E-state index is 11.6. The molecule has 0 aromatic carbocycles. The molecule has 2 aromatic rings. The second kappa shape index (κ2) is 3.73. The molecule has 2 heterocycles. The minimum atomic E-state index is -0.319. The Balaban J connectivity index is 2.57. The fraction of sp³-hybridized carbons (Fsp3) is 0.273. The van der Waals surface area contributed by atoms with Crippen molar-refractivity contribution in [2.24, 2.45) is 0 Å². The molecule has 2 aromatic heterocycles. The summed E-state index contributed by atoms with van der Waals surface area (Å²) in [4.78, 5) is 15.8. The zero-order chi connectivity index (χ0) is 10.8. The summed E-state index contributed by atoms with van der Waals surface area (Å²) in [5.74, 6) is -0.319. The van der Waals surface area contributed by atoms with Crippen LogP contribution in [0.25, 0.3) is 5.65 Å². The predicted octanol–water partition coefficient (Wildman–Crippen LogP) is 1.82. The lowest BCUT2D eigenvalue weighted by atomic mass is 10.2. The van der Waals surface area contributed by atoms with Gasteiger partial charge in [0, 0.05) is 12.4 Å². The van der Waals surface area contributed by atoms with Crippen LogP contribution in [0.3, 0.4) is 0 Å². The van der Waals surface area contributed by atoms with Crippen LogP contribution in [0.5, 0.6) is 0 Å². The lowest BCUT2D eigenvalue weighted by Gasteiger charge is -2.05. The first-order chi connectivity index (χ1) is 7.24. The van der Waals surface area contributed by atoms with Crippen molar-refractivity contribution in [2.45, 2.75) is 13.8 Å². The number of hydrogen-bond acceptors (Lipinski definition) is 3. The summed E-state index contributed by atoms with van der Waals surface area (Å²) in [6.07, 6.45) is 3.43. The second-order valence-corrected chi connectivity index (χ2v) is 3.24. The summed E-state index contributed by atoms with van der Waals surface area (Å²) < 4.78 is 6.70. The molecule has 0 atom stereocenters. The Bertz CT molecular complexity index is 502. The van der Waals surface area contributed by atoms with Gasteiger partial charge in [-0.25, -0.2) is 9.78 Å². The molecule has 0 spiro atoms. The predicted molar refractivity (Wildman–Crippen MR) is 55.9 cm³/mol. The number of aryl methyl sites for hydroxylation is 1. The van der Waals surface area contributed by atoms with Gasteiger partial charge in [-0.2, -0.15) is 0 Å². The monoisotopic (exact) mass is 204 g/mol. The topological polar surface area (TPSA) is 43.6 Å². The summed E-state index contributed by atoms with van der Waals surface area (Å²) in [5, 5.41) is 0. The number of pyridine rings is 1. The van der Waals surface area contributed by atoms with Gasteiger partial charge in [0.25, 0.3) is 0 Å². The Labute approximate surface area is 87.5 Å². The summed E-state index contributed by atoms with van der Waals surface area (Å²) in [7, 11) is 0. The molecule has 0 saturated heterocycles. The van der Waals surface area contributed by atoms with Crippen molar-refractivity contribution in [3.8, 4) is 0 Å². The third kappa shape index (κ3) is 1.58. The largest absolute Gasteiger partial charge is 0.461 e. The van der Waals surface area contributed by atoms with Crippen LogP contribution in [0.4, 0.5) is 0 Å². The first kappa shape index (κ1) is 9.71. The summed E-state index contributed by atoms with van der Waals surface area (Å²) in [6, 6.07) is 3.62. The van der Waals surface area contributed by atoms with Crippen LogP contribution >= 0.6 is 0 Å². The van der Waals surface area contributed by atoms with E-state index in [1.165, 1.54) is 0 Å². The number of fused-ring (bicyclic) bond motifs is 1. The van der Waals surface area contributed by atoms with Crippen molar-refractivity contribution >= 4 is 11.6 Å². The molecule has 0 aliphatic heterocycles. The third-order valence-corrected chi connectivity index (χ3v) is 2.23. The molecule has 0 saturated carbocycles. The fourth-order valence-electron chi connectivity index (χ4n) is 1.52. The quantitative estimate of drug-likeness (QED) is 0.701. The van der Waals surface area contributed by atoms with Gasteiger partial charge in [-0.1, -0.05) is 6.07 Å². The van der Waals surface area contributed by atoms with Gasteiger partial charge < -0.3 is 4.74 Å². The highest BCUT2D eigenvalue weighted by Crippen LogP contribution is 2.12. The average Bonchev–Trinajstić information content (AvgIpc) is 2.68. The number of aromatic nitrogens is 2. The smallest absolute Gasteiger partial charge is 0.355 e. The lowest BCUT2D eigenvalue weighted by Crippen LogP contribution is -2.10. The van der Waals surface area contributed by atoms with Crippen LogP contribution < -0.4 is 0 Å². The molecular weight excluding hydrogens is 192 g/mol. The molecule has 4 heteroatoms. The molecular formula is C11H12N2O2. The van der Waals surface area contributed by atoms with Crippen molar-refractivity contribution < 1.29 is 9.53 Å². The Morgan fingerprint density at radius 3 is 3.07 bits per heavy atom. The maximum Gasteiger partial charge on any atom is 0.355 e. The Morgan fingerprint density at radius 2 is 2.33 bits per heavy atom. The number of hydrogen-bond donors (Lipinski definition) is 0. The molecule has 0 amide bonds. The van der Waals surface area contributed by atoms with Crippen molar-refractivity contribution in [1.82, 2.24) is 9.38 Å². The van der Waals surface area contributed by atoms with E-state index >= 15 is 0 Å². The molecule has 0 aliphatic carbocycles. The maximum absolute atomic E-state index is 11.6. The van der Waals surface area contributed by atoms with Crippen LogP contribution in [0.2, 0.25) is 0 Å². The van der Waals surface area contributed by atoms with E-state index in [0.717, 1.165) is 11.2 Å². The van der Waals surface area contributed by atoms with E-state index in [-0.39, 0.29) is 5.97 Å². The molecule has 0 fully saturated rings. The van der Waals surface area contributed by atoms with E-state index in [4.69, 9.17) is 4.74 Å². The molecule has 0 unspecified atom stereocenters. The highest BCUT2D eigenvalue weighted by Gasteiger charge is 2.11. The van der Waals surface area contributed by atoms with Gasteiger partial charge in [0.2, 0.25) is 0 Å². The van der Waals surface area contributed by atoms with E-state index in [0.29, 0.717) is 12.3 Å². The van der Waals surface area contributed by atoms with E-state index in [1.807, 2.05) is 13.0 Å². The molecule has 0 bridgehead atoms. The van der Waals surface area contributed by atoms with E-state index in [2.05, 4.69) is 4.98 Å². The number of esters is 1. The molecule has 78 valence electrons. The molecule has 0 radical (unpaired) electrons. The minimum absolute atomic E-state index is 0.319. The minimum Gasteiger partial charge on any atom is -0.461 e. The van der Waals surface area contributed by atoms with Crippen LogP contribution in [-0.4, -0.2) is 22.0 Å². The fourth-order valence-corrected chi connectivity index (χ4v) is 1.52. The van der Waals surface area contributed by atoms with E-state index < -0.39 is 0 Å². The average molecular weight is 204 g/mol. The number of ether oxygens (including phenoxy) is 1. The van der Waals surface area contributed by atoms with Crippen molar-refractivity contribution in [2.75, 3.05) is 6.61 Å². The number of carbonyl (C=O) groups excluding carboxylic acids is 1. The first-order valence-electron chi connectivity index (χ1n) is 4.84. The number of nitrogens with zero attached hydrogens (tertiary/aromatic N) is 2. The SMILES string of the molecule is CCOC(=O)c1ccc(C)c2nccn12. The van der Waals surface area contributed by atoms with Crippen molar-refractivity contribution in [3.63, 3.8) is 0 Å². The van der Waals surface area contributed by atoms with Crippen LogP contribution in [0, 0.1) is 6.92 Å². The van der Waals surface area contributed by atoms with E-state index in [1.54, 1.807) is 29.8 Å². The van der Waals surface area contributed by atoms with Crippen molar-refractivity contribution in [1.29, 1.82) is 0 Å². The van der Waals surface area contributed by atoms with Gasteiger partial charge in [0.05, 0.1) is 6.61 Å². The highest BCUT2D eigenvalue weighted by molar-refractivity contribution is 5.88. The molecule has 15 heavy (non-hydrogen) atoms. The molecule has 0 N–H and O–H groups in total. The third-order valence-electron chi connectivity index (χ3n) is 2.23. The zero-order valence-electron chi connectivity index (χ0n) is 8.73. The van der Waals surface area contributed by atoms with Crippen molar-refractivity contribution in [3.05, 3.63) is 35.8 Å². The van der Waals surface area contributed by atoms with Crippen LogP contribution in [-0.2, 0) is 4.74 Å². The number of imidazole rings is 1. The lowest BCUT2D eigenvalue weighted by molar-refractivity contribution is 0.0517. The Morgan fingerprint density at radius 1 is 1.53 bits per heavy atom. The summed E-state index contributed by atoms with van der Waals surface area (Å²) in [5.41, 5.74) is 2.34. The van der Waals surface area contributed by atoms with Crippen LogP contribution in [0.1, 0.15) is 23.0 Å². The first-order valence-corrected chi connectivity index (χ1v) is 4.84. The van der Waals surface area contributed by atoms with E-state index in [9.17, 15) is 4.79 Å². The van der Waals surface area contributed by atoms with Crippen LogP contribution in [0.15, 0.2) is 24.5 Å². The summed E-state index contributed by atoms with van der Waals surface area (Å²) in [6.45, 7) is 4.12. The van der Waals surface area contributed by atoms with Gasteiger partial charge in [0.15, 0.2) is 0 Å². The zero-order valence-corrected chi connectivity index (χ0v) is 8.73. The standard InChI is InChI=1S/C11H12N2O2/c1-3-15-11(14)9-5-4-8(2)10-12-6-7-13(9)10/h4-7H,3H2,1-2H3. The second-order valence-electron chi connectivity index (χ2n) is 3.24. The van der Waals surface area contributed by atoms with Gasteiger partial charge in [0.1, 0.15) is 11.3 Å². The molecule has 4 nitrogen and oxygen atoms in total. The highest BCUT2D eigenvalue weighted by atomic mass is 16.5. The normalized spacial score (nSPS) is 10.5. The Kier molecular flexibility index (Phi) is 2.41. The number of rotatable bonds is 2. The summed E-state index contributed by atoms with van der Waals surface area (Å²) >= 11 is 0. The van der Waals surface area contributed by atoms with Gasteiger partial charge in [-0.3, -0.25) is 4.40 Å². The number of carbonyl (C=O) groups is 1. The van der Waals surface area contributed by atoms with Gasteiger partial charge >= 0.3 is 5.97 Å². The molecule has 2 rings (SSSR count). The molecule has 0 aliphatic rings. The Hall–Kier alpha value is -1.84. The van der Waals surface area contributed by atoms with Gasteiger partial charge in [-0.15, -0.1) is 0 Å².